The van der Waals surface area contributed by atoms with Crippen molar-refractivity contribution in [3.8, 4) is 17.2 Å². The van der Waals surface area contributed by atoms with Crippen LogP contribution < -0.4 is 0 Å². The molecule has 0 saturated heterocycles. The molecule has 0 fully saturated rings. The molecule has 2 rings (SSSR count). The molecular weight excluding hydrogens is 328 g/mol. The molecule has 1 aromatic carbocycles. The molecule has 0 aliphatic carbocycles. The van der Waals surface area contributed by atoms with Gasteiger partial charge < -0.3 is 0 Å². The lowest BCUT2D eigenvalue weighted by Crippen LogP contribution is -2.18. The van der Waals surface area contributed by atoms with E-state index >= 15 is 0 Å². The topological polar surface area (TPSA) is 36.7 Å². The minimum atomic E-state index is 0.0208. The number of hydrogen-bond donors (Lipinski definition) is 0. The highest BCUT2D eigenvalue weighted by Crippen LogP contribution is 2.38. The number of aromatic nitrogens is 1. The van der Waals surface area contributed by atoms with Crippen LogP contribution in [0.2, 0.25) is 0 Å². The molecule has 0 unspecified atom stereocenters. The van der Waals surface area contributed by atoms with Gasteiger partial charge in [0.2, 0.25) is 0 Å². The fraction of sp³-hybridized carbons (Fsp3) is 0.480. The monoisotopic (exact) mass is 361 g/mol. The molecule has 1 radical (unpaired) electrons. The fourth-order valence-corrected chi connectivity index (χ4v) is 3.39. The van der Waals surface area contributed by atoms with Crippen LogP contribution in [0, 0.1) is 42.4 Å². The summed E-state index contributed by atoms with van der Waals surface area (Å²) >= 11 is 0. The van der Waals surface area contributed by atoms with Gasteiger partial charge in [-0.05, 0) is 59.8 Å². The summed E-state index contributed by atoms with van der Waals surface area (Å²) in [4.78, 5) is 4.98. The molecule has 0 atom stereocenters. The van der Waals surface area contributed by atoms with E-state index in [-0.39, 0.29) is 10.8 Å². The summed E-state index contributed by atoms with van der Waals surface area (Å²) in [5.74, 6) is 0. The second-order valence-corrected chi connectivity index (χ2v) is 9.86. The van der Waals surface area contributed by atoms with Crippen LogP contribution in [0.4, 0.5) is 0 Å². The Morgan fingerprint density at radius 3 is 2.07 bits per heavy atom. The fourth-order valence-electron chi connectivity index (χ4n) is 3.39. The van der Waals surface area contributed by atoms with Gasteiger partial charge in [-0.15, -0.1) is 0 Å². The van der Waals surface area contributed by atoms with Crippen LogP contribution in [-0.4, -0.2) is 4.98 Å². The lowest BCUT2D eigenvalue weighted by molar-refractivity contribution is 0.403. The number of rotatable bonds is 4. The largest absolute Gasteiger partial charge is 0.257 e. The number of nitriles is 1. The van der Waals surface area contributed by atoms with Crippen LogP contribution in [0.1, 0.15) is 69.6 Å². The van der Waals surface area contributed by atoms with Gasteiger partial charge >= 0.3 is 0 Å². The molecule has 2 heteroatoms. The van der Waals surface area contributed by atoms with Gasteiger partial charge in [0.05, 0.1) is 12.5 Å². The van der Waals surface area contributed by atoms with Crippen molar-refractivity contribution >= 4 is 0 Å². The van der Waals surface area contributed by atoms with Gasteiger partial charge in [0.1, 0.15) is 0 Å². The molecule has 0 aliphatic heterocycles. The van der Waals surface area contributed by atoms with E-state index in [1.54, 1.807) is 0 Å². The van der Waals surface area contributed by atoms with E-state index in [0.29, 0.717) is 6.42 Å². The van der Waals surface area contributed by atoms with E-state index in [1.165, 1.54) is 22.3 Å². The van der Waals surface area contributed by atoms with E-state index in [4.69, 9.17) is 4.98 Å². The molecule has 0 saturated carbocycles. The highest BCUT2D eigenvalue weighted by atomic mass is 14.7. The molecule has 0 amide bonds. The number of hydrogen-bond acceptors (Lipinski definition) is 2. The van der Waals surface area contributed by atoms with Crippen molar-refractivity contribution in [2.75, 3.05) is 0 Å². The second kappa shape index (κ2) is 7.85. The van der Waals surface area contributed by atoms with Crippen LogP contribution in [0.15, 0.2) is 24.3 Å². The van der Waals surface area contributed by atoms with E-state index in [2.05, 4.69) is 85.2 Å². The molecule has 2 aromatic rings. The van der Waals surface area contributed by atoms with Gasteiger partial charge in [-0.2, -0.15) is 5.26 Å². The maximum absolute atomic E-state index is 9.45. The second-order valence-electron chi connectivity index (χ2n) is 9.86. The summed E-state index contributed by atoms with van der Waals surface area (Å²) in [6.45, 7) is 17.5. The molecule has 27 heavy (non-hydrogen) atoms. The Labute approximate surface area is 165 Å². The Morgan fingerprint density at radius 1 is 1.00 bits per heavy atom. The van der Waals surface area contributed by atoms with E-state index in [0.717, 1.165) is 23.4 Å². The highest BCUT2D eigenvalue weighted by Gasteiger charge is 2.25. The van der Waals surface area contributed by atoms with Crippen molar-refractivity contribution in [1.29, 1.82) is 5.26 Å². The van der Waals surface area contributed by atoms with Crippen LogP contribution in [-0.2, 0) is 12.8 Å². The Balaban J connectivity index is 2.84. The lowest BCUT2D eigenvalue weighted by atomic mass is 9.79. The first-order chi connectivity index (χ1) is 12.4. The summed E-state index contributed by atoms with van der Waals surface area (Å²) in [5.41, 5.74) is 8.09. The maximum Gasteiger partial charge on any atom is 0.0670 e. The number of benzene rings is 1. The maximum atomic E-state index is 9.45. The first-order valence-corrected chi connectivity index (χ1v) is 9.73. The van der Waals surface area contributed by atoms with Crippen molar-refractivity contribution in [3.63, 3.8) is 0 Å². The molecule has 143 valence electrons. The Bertz CT molecular complexity index is 838. The van der Waals surface area contributed by atoms with Gasteiger partial charge in [0.25, 0.3) is 0 Å². The number of aryl methyl sites for hydroxylation is 2. The standard InChI is InChI=1S/C25H33N2/c1-17-9-11-19(12-10-17)23-20(13-14-26)18(2)27-22(16-25(6,7)8)21(23)15-24(3,4)5/h9-12,15H,13,16H2,1-8H3. The van der Waals surface area contributed by atoms with Gasteiger partial charge in [0, 0.05) is 11.4 Å². The zero-order chi connectivity index (χ0) is 20.4. The van der Waals surface area contributed by atoms with Crippen LogP contribution >= 0.6 is 0 Å². The quantitative estimate of drug-likeness (QED) is 0.613. The van der Waals surface area contributed by atoms with E-state index in [9.17, 15) is 5.26 Å². The molecule has 0 bridgehead atoms. The zero-order valence-electron chi connectivity index (χ0n) is 18.2. The molecule has 2 nitrogen and oxygen atoms in total. The lowest BCUT2D eigenvalue weighted by Gasteiger charge is -2.28. The van der Waals surface area contributed by atoms with Gasteiger partial charge in [-0.1, -0.05) is 71.4 Å². The van der Waals surface area contributed by atoms with Crippen molar-refractivity contribution in [1.82, 2.24) is 4.98 Å². The summed E-state index contributed by atoms with van der Waals surface area (Å²) in [7, 11) is 0. The molecule has 0 spiro atoms. The predicted molar refractivity (Wildman–Crippen MR) is 114 cm³/mol. The van der Waals surface area contributed by atoms with Gasteiger partial charge in [-0.3, -0.25) is 4.98 Å². The first-order valence-electron chi connectivity index (χ1n) is 9.73. The third-order valence-corrected chi connectivity index (χ3v) is 4.49. The van der Waals surface area contributed by atoms with Crippen LogP contribution in [0.3, 0.4) is 0 Å². The number of pyridine rings is 1. The first kappa shape index (κ1) is 21.2. The summed E-state index contributed by atoms with van der Waals surface area (Å²) in [5, 5.41) is 9.45. The summed E-state index contributed by atoms with van der Waals surface area (Å²) in [6, 6.07) is 11.0. The van der Waals surface area contributed by atoms with Crippen LogP contribution in [0.25, 0.3) is 11.1 Å². The van der Waals surface area contributed by atoms with Gasteiger partial charge in [0.15, 0.2) is 0 Å². The Morgan fingerprint density at radius 2 is 1.59 bits per heavy atom. The Hall–Kier alpha value is -2.14. The van der Waals surface area contributed by atoms with Crippen molar-refractivity contribution < 1.29 is 0 Å². The summed E-state index contributed by atoms with van der Waals surface area (Å²) < 4.78 is 0. The van der Waals surface area contributed by atoms with Crippen molar-refractivity contribution in [2.24, 2.45) is 10.8 Å². The smallest absolute Gasteiger partial charge is 0.0670 e. The van der Waals surface area contributed by atoms with E-state index in [1.807, 2.05) is 6.92 Å². The average Bonchev–Trinajstić information content (AvgIpc) is 2.50. The van der Waals surface area contributed by atoms with Crippen molar-refractivity contribution in [3.05, 3.63) is 58.8 Å². The highest BCUT2D eigenvalue weighted by molar-refractivity contribution is 5.75. The third-order valence-electron chi connectivity index (χ3n) is 4.49. The predicted octanol–water partition coefficient (Wildman–Crippen LogP) is 6.62. The Kier molecular flexibility index (Phi) is 6.15. The molecule has 0 N–H and O–H groups in total. The van der Waals surface area contributed by atoms with E-state index < -0.39 is 0 Å². The molecule has 1 heterocycles. The SMILES string of the molecule is Cc1ccc(-c2c([CH]C(C)(C)C)c(CC(C)(C)C)nc(C)c2CC#N)cc1. The molecule has 1 aromatic heterocycles. The average molecular weight is 362 g/mol. The van der Waals surface area contributed by atoms with Crippen LogP contribution in [0.5, 0.6) is 0 Å². The summed E-state index contributed by atoms with van der Waals surface area (Å²) in [6.07, 6.45) is 3.61. The molecular formula is C25H33N2. The van der Waals surface area contributed by atoms with Crippen molar-refractivity contribution in [2.45, 2.75) is 68.2 Å². The number of nitrogens with zero attached hydrogens (tertiary/aromatic N) is 2. The normalized spacial score (nSPS) is 12.1. The third kappa shape index (κ3) is 5.67. The van der Waals surface area contributed by atoms with Gasteiger partial charge in [-0.25, -0.2) is 0 Å². The molecule has 0 aliphatic rings. The zero-order valence-corrected chi connectivity index (χ0v) is 18.2. The minimum absolute atomic E-state index is 0.0208. The minimum Gasteiger partial charge on any atom is -0.257 e.